The van der Waals surface area contributed by atoms with E-state index in [1.54, 1.807) is 4.90 Å². The number of carboxylic acid groups (broad SMARTS) is 1. The third-order valence-corrected chi connectivity index (χ3v) is 2.79. The third-order valence-electron chi connectivity index (χ3n) is 2.79. The second kappa shape index (κ2) is 6.27. The van der Waals surface area contributed by atoms with Gasteiger partial charge in [-0.1, -0.05) is 25.0 Å². The highest BCUT2D eigenvalue weighted by atomic mass is 16.4. The number of aliphatic carboxylic acids is 1. The average molecular weight is 240 g/mol. The van der Waals surface area contributed by atoms with Gasteiger partial charge in [0.15, 0.2) is 0 Å². The highest BCUT2D eigenvalue weighted by molar-refractivity contribution is 5.82. The summed E-state index contributed by atoms with van der Waals surface area (Å²) in [6.45, 7) is 5.11. The normalized spacial score (nSPS) is 17.3. The Morgan fingerprint density at radius 2 is 2.29 bits per heavy atom. The van der Waals surface area contributed by atoms with Crippen molar-refractivity contribution in [3.05, 3.63) is 11.6 Å². The summed E-state index contributed by atoms with van der Waals surface area (Å²) in [5.41, 5.74) is 1.15. The summed E-state index contributed by atoms with van der Waals surface area (Å²) >= 11 is 0. The number of carboxylic acids is 1. The van der Waals surface area contributed by atoms with E-state index in [0.717, 1.165) is 18.4 Å². The Morgan fingerprint density at radius 1 is 1.59 bits per heavy atom. The van der Waals surface area contributed by atoms with Gasteiger partial charge in [-0.2, -0.15) is 0 Å². The molecule has 1 heterocycles. The predicted molar refractivity (Wildman–Crippen MR) is 64.8 cm³/mol. The molecule has 2 N–H and O–H groups in total. The molecule has 1 aliphatic rings. The molecule has 0 aromatic carbocycles. The van der Waals surface area contributed by atoms with Crippen molar-refractivity contribution in [3.8, 4) is 0 Å². The highest BCUT2D eigenvalue weighted by Gasteiger charge is 2.23. The van der Waals surface area contributed by atoms with Crippen molar-refractivity contribution in [2.75, 3.05) is 13.1 Å². The SMILES string of the molecule is CCC[C@@H](NC(=O)N1CCC=C(C)C1)C(=O)O. The molecule has 96 valence electrons. The number of amides is 2. The number of urea groups is 1. The summed E-state index contributed by atoms with van der Waals surface area (Å²) < 4.78 is 0. The van der Waals surface area contributed by atoms with Crippen LogP contribution in [0.3, 0.4) is 0 Å². The quantitative estimate of drug-likeness (QED) is 0.733. The summed E-state index contributed by atoms with van der Waals surface area (Å²) in [6, 6.07) is -1.06. The first-order valence-electron chi connectivity index (χ1n) is 5.98. The molecule has 0 aromatic heterocycles. The van der Waals surface area contributed by atoms with E-state index >= 15 is 0 Å². The molecule has 0 aliphatic carbocycles. The van der Waals surface area contributed by atoms with Crippen LogP contribution in [-0.4, -0.2) is 41.1 Å². The molecule has 1 aliphatic heterocycles. The van der Waals surface area contributed by atoms with Gasteiger partial charge in [0.25, 0.3) is 0 Å². The Balaban J connectivity index is 2.52. The van der Waals surface area contributed by atoms with Crippen LogP contribution in [0.5, 0.6) is 0 Å². The number of hydrogen-bond acceptors (Lipinski definition) is 2. The molecule has 1 rings (SSSR count). The van der Waals surface area contributed by atoms with Crippen LogP contribution in [0.25, 0.3) is 0 Å². The summed E-state index contributed by atoms with van der Waals surface area (Å²) in [7, 11) is 0. The topological polar surface area (TPSA) is 69.6 Å². The monoisotopic (exact) mass is 240 g/mol. The molecule has 2 amide bonds. The van der Waals surface area contributed by atoms with Gasteiger partial charge in [0, 0.05) is 13.1 Å². The van der Waals surface area contributed by atoms with E-state index in [4.69, 9.17) is 5.11 Å². The van der Waals surface area contributed by atoms with Gasteiger partial charge < -0.3 is 15.3 Å². The molecule has 1 atom stereocenters. The van der Waals surface area contributed by atoms with Gasteiger partial charge >= 0.3 is 12.0 Å². The fourth-order valence-corrected chi connectivity index (χ4v) is 1.87. The van der Waals surface area contributed by atoms with Crippen molar-refractivity contribution >= 4 is 12.0 Å². The van der Waals surface area contributed by atoms with Gasteiger partial charge in [0.1, 0.15) is 6.04 Å². The summed E-state index contributed by atoms with van der Waals surface area (Å²) in [4.78, 5) is 24.4. The Hall–Kier alpha value is -1.52. The van der Waals surface area contributed by atoms with Gasteiger partial charge in [-0.25, -0.2) is 9.59 Å². The number of carbonyl (C=O) groups is 2. The van der Waals surface area contributed by atoms with Crippen LogP contribution in [0.1, 0.15) is 33.1 Å². The molecule has 5 heteroatoms. The fourth-order valence-electron chi connectivity index (χ4n) is 1.87. The maximum Gasteiger partial charge on any atom is 0.326 e. The molecule has 0 spiro atoms. The average Bonchev–Trinajstić information content (AvgIpc) is 2.28. The zero-order valence-corrected chi connectivity index (χ0v) is 10.4. The van der Waals surface area contributed by atoms with Crippen LogP contribution in [-0.2, 0) is 4.79 Å². The predicted octanol–water partition coefficient (Wildman–Crippen LogP) is 1.60. The maximum atomic E-state index is 11.9. The third kappa shape index (κ3) is 4.09. The van der Waals surface area contributed by atoms with Crippen LogP contribution in [0.15, 0.2) is 11.6 Å². The lowest BCUT2D eigenvalue weighted by atomic mass is 10.1. The molecule has 0 saturated carbocycles. The second-order valence-electron chi connectivity index (χ2n) is 4.39. The van der Waals surface area contributed by atoms with Gasteiger partial charge in [0.2, 0.25) is 0 Å². The Bertz CT molecular complexity index is 326. The van der Waals surface area contributed by atoms with Gasteiger partial charge in [0.05, 0.1) is 0 Å². The number of rotatable bonds is 4. The molecule has 0 radical (unpaired) electrons. The molecular formula is C12H20N2O3. The molecule has 0 unspecified atom stereocenters. The van der Waals surface area contributed by atoms with Crippen molar-refractivity contribution in [2.45, 2.75) is 39.2 Å². The van der Waals surface area contributed by atoms with E-state index in [2.05, 4.69) is 11.4 Å². The van der Waals surface area contributed by atoms with Crippen molar-refractivity contribution < 1.29 is 14.7 Å². The van der Waals surface area contributed by atoms with Gasteiger partial charge in [-0.3, -0.25) is 0 Å². The summed E-state index contributed by atoms with van der Waals surface area (Å²) in [6.07, 6.45) is 4.13. The standard InChI is InChI=1S/C12H20N2O3/c1-3-5-10(11(15)16)13-12(17)14-7-4-6-9(2)8-14/h6,10H,3-5,7-8H2,1-2H3,(H,13,17)(H,15,16)/t10-/m1/s1. The van der Waals surface area contributed by atoms with E-state index in [-0.39, 0.29) is 6.03 Å². The lowest BCUT2D eigenvalue weighted by Crippen LogP contribution is -2.49. The first kappa shape index (κ1) is 13.5. The largest absolute Gasteiger partial charge is 0.480 e. The molecule has 0 fully saturated rings. The Morgan fingerprint density at radius 3 is 2.82 bits per heavy atom. The van der Waals surface area contributed by atoms with E-state index < -0.39 is 12.0 Å². The van der Waals surface area contributed by atoms with E-state index in [1.807, 2.05) is 13.8 Å². The first-order chi connectivity index (χ1) is 8.04. The van der Waals surface area contributed by atoms with Crippen molar-refractivity contribution in [3.63, 3.8) is 0 Å². The number of carbonyl (C=O) groups excluding carboxylic acids is 1. The van der Waals surface area contributed by atoms with E-state index in [9.17, 15) is 9.59 Å². The van der Waals surface area contributed by atoms with Crippen LogP contribution in [0.2, 0.25) is 0 Å². The molecule has 0 bridgehead atoms. The van der Waals surface area contributed by atoms with Crippen LogP contribution >= 0.6 is 0 Å². The molecular weight excluding hydrogens is 220 g/mol. The molecule has 0 aromatic rings. The van der Waals surface area contributed by atoms with E-state index in [1.165, 1.54) is 0 Å². The minimum Gasteiger partial charge on any atom is -0.480 e. The number of hydrogen-bond donors (Lipinski definition) is 2. The zero-order chi connectivity index (χ0) is 12.8. The van der Waals surface area contributed by atoms with Crippen molar-refractivity contribution in [2.24, 2.45) is 0 Å². The van der Waals surface area contributed by atoms with Crippen LogP contribution in [0.4, 0.5) is 4.79 Å². The maximum absolute atomic E-state index is 11.9. The smallest absolute Gasteiger partial charge is 0.326 e. The van der Waals surface area contributed by atoms with Crippen LogP contribution in [0, 0.1) is 0 Å². The lowest BCUT2D eigenvalue weighted by molar-refractivity contribution is -0.139. The first-order valence-corrected chi connectivity index (χ1v) is 5.98. The lowest BCUT2D eigenvalue weighted by Gasteiger charge is -2.27. The van der Waals surface area contributed by atoms with Crippen molar-refractivity contribution in [1.29, 1.82) is 0 Å². The minimum atomic E-state index is -0.968. The Kier molecular flexibility index (Phi) is 5.00. The zero-order valence-electron chi connectivity index (χ0n) is 10.4. The molecule has 17 heavy (non-hydrogen) atoms. The second-order valence-corrected chi connectivity index (χ2v) is 4.39. The van der Waals surface area contributed by atoms with E-state index in [0.29, 0.717) is 19.5 Å². The van der Waals surface area contributed by atoms with Crippen LogP contribution < -0.4 is 5.32 Å². The summed E-state index contributed by atoms with van der Waals surface area (Å²) in [5, 5.41) is 11.5. The van der Waals surface area contributed by atoms with Gasteiger partial charge in [-0.05, 0) is 19.8 Å². The minimum absolute atomic E-state index is 0.279. The Labute approximate surface area is 101 Å². The molecule has 5 nitrogen and oxygen atoms in total. The number of nitrogens with one attached hydrogen (secondary N) is 1. The molecule has 0 saturated heterocycles. The fraction of sp³-hybridized carbons (Fsp3) is 0.667. The number of nitrogens with zero attached hydrogens (tertiary/aromatic N) is 1. The summed E-state index contributed by atoms with van der Waals surface area (Å²) in [5.74, 6) is -0.968. The van der Waals surface area contributed by atoms with Crippen molar-refractivity contribution in [1.82, 2.24) is 10.2 Å². The highest BCUT2D eigenvalue weighted by Crippen LogP contribution is 2.09. The van der Waals surface area contributed by atoms with Gasteiger partial charge in [-0.15, -0.1) is 0 Å².